The highest BCUT2D eigenvalue weighted by Gasteiger charge is 2.15. The number of anilines is 2. The summed E-state index contributed by atoms with van der Waals surface area (Å²) in [6.45, 7) is 0. The summed E-state index contributed by atoms with van der Waals surface area (Å²) in [5.74, 6) is -1.20. The number of benzene rings is 3. The maximum absolute atomic E-state index is 12.4. The Labute approximate surface area is 165 Å². The number of nitrogens with one attached hydrogen (secondary N) is 2. The molecule has 0 spiro atoms. The van der Waals surface area contributed by atoms with Crippen LogP contribution >= 0.6 is 23.2 Å². The van der Waals surface area contributed by atoms with Crippen LogP contribution in [0.25, 0.3) is 0 Å². The largest absolute Gasteiger partial charge is 0.507 e. The van der Waals surface area contributed by atoms with Crippen LogP contribution < -0.4 is 10.6 Å². The predicted molar refractivity (Wildman–Crippen MR) is 107 cm³/mol. The van der Waals surface area contributed by atoms with Crippen LogP contribution in [0.15, 0.2) is 66.7 Å². The zero-order valence-electron chi connectivity index (χ0n) is 13.9. The first-order valence-corrected chi connectivity index (χ1v) is 8.65. The van der Waals surface area contributed by atoms with Crippen molar-refractivity contribution < 1.29 is 14.7 Å². The van der Waals surface area contributed by atoms with Gasteiger partial charge < -0.3 is 15.7 Å². The molecule has 3 aromatic carbocycles. The highest BCUT2D eigenvalue weighted by atomic mass is 35.5. The standard InChI is InChI=1S/C20H14Cl2N2O3/c21-13-2-6-15(7-3-13)23-19(26)12-1-10-18(25)17(11-12)20(27)24-16-8-4-14(22)5-9-16/h1-11,25H,(H,23,26)(H,24,27). The minimum absolute atomic E-state index is 0.0197. The lowest BCUT2D eigenvalue weighted by Gasteiger charge is -2.10. The fourth-order valence-electron chi connectivity index (χ4n) is 2.33. The number of carbonyl (C=O) groups is 2. The quantitative estimate of drug-likeness (QED) is 0.562. The van der Waals surface area contributed by atoms with Crippen molar-refractivity contribution in [1.29, 1.82) is 0 Å². The molecular formula is C20H14Cl2N2O3. The predicted octanol–water partition coefficient (Wildman–Crippen LogP) is 5.20. The number of rotatable bonds is 4. The summed E-state index contributed by atoms with van der Waals surface area (Å²) < 4.78 is 0. The Morgan fingerprint density at radius 1 is 0.704 bits per heavy atom. The van der Waals surface area contributed by atoms with Crippen LogP contribution in [0.1, 0.15) is 20.7 Å². The summed E-state index contributed by atoms with van der Waals surface area (Å²) in [5, 5.41) is 16.4. The van der Waals surface area contributed by atoms with E-state index in [4.69, 9.17) is 23.2 Å². The molecule has 3 N–H and O–H groups in total. The smallest absolute Gasteiger partial charge is 0.259 e. The Morgan fingerprint density at radius 3 is 1.70 bits per heavy atom. The van der Waals surface area contributed by atoms with Crippen LogP contribution in [0.4, 0.5) is 11.4 Å². The number of carbonyl (C=O) groups excluding carboxylic acids is 2. The first-order valence-electron chi connectivity index (χ1n) is 7.89. The maximum Gasteiger partial charge on any atom is 0.259 e. The summed E-state index contributed by atoms with van der Waals surface area (Å²) in [4.78, 5) is 24.8. The molecule has 3 aromatic rings. The molecular weight excluding hydrogens is 387 g/mol. The van der Waals surface area contributed by atoms with Gasteiger partial charge in [-0.25, -0.2) is 0 Å². The lowest BCUT2D eigenvalue weighted by atomic mass is 10.1. The van der Waals surface area contributed by atoms with E-state index in [-0.39, 0.29) is 16.9 Å². The summed E-state index contributed by atoms with van der Waals surface area (Å²) in [5.41, 5.74) is 1.28. The molecule has 0 aliphatic carbocycles. The molecule has 27 heavy (non-hydrogen) atoms. The van der Waals surface area contributed by atoms with Crippen molar-refractivity contribution in [2.45, 2.75) is 0 Å². The van der Waals surface area contributed by atoms with E-state index in [0.717, 1.165) is 0 Å². The molecule has 2 amide bonds. The van der Waals surface area contributed by atoms with E-state index in [9.17, 15) is 14.7 Å². The number of phenols is 1. The van der Waals surface area contributed by atoms with Crippen LogP contribution in [0.5, 0.6) is 5.75 Å². The van der Waals surface area contributed by atoms with E-state index < -0.39 is 11.8 Å². The topological polar surface area (TPSA) is 78.4 Å². The van der Waals surface area contributed by atoms with Crippen LogP contribution in [0, 0.1) is 0 Å². The number of hydrogen-bond donors (Lipinski definition) is 3. The van der Waals surface area contributed by atoms with E-state index in [1.54, 1.807) is 48.5 Å². The molecule has 0 saturated heterocycles. The molecule has 0 fully saturated rings. The Morgan fingerprint density at radius 2 is 1.19 bits per heavy atom. The van der Waals surface area contributed by atoms with Gasteiger partial charge in [0.25, 0.3) is 11.8 Å². The maximum atomic E-state index is 12.4. The minimum atomic E-state index is -0.545. The fourth-order valence-corrected chi connectivity index (χ4v) is 2.58. The fraction of sp³-hybridized carbons (Fsp3) is 0. The summed E-state index contributed by atoms with van der Waals surface area (Å²) in [6, 6.07) is 17.2. The zero-order valence-corrected chi connectivity index (χ0v) is 15.4. The third-order valence-corrected chi connectivity index (χ3v) is 4.21. The summed E-state index contributed by atoms with van der Waals surface area (Å²) in [7, 11) is 0. The third-order valence-electron chi connectivity index (χ3n) is 3.71. The molecule has 0 aliphatic heterocycles. The van der Waals surface area contributed by atoms with Crippen LogP contribution in [-0.2, 0) is 0 Å². The molecule has 0 unspecified atom stereocenters. The average molecular weight is 401 g/mol. The second-order valence-electron chi connectivity index (χ2n) is 5.65. The van der Waals surface area contributed by atoms with Crippen LogP contribution in [0.3, 0.4) is 0 Å². The van der Waals surface area contributed by atoms with E-state index in [2.05, 4.69) is 10.6 Å². The van der Waals surface area contributed by atoms with Gasteiger partial charge in [0.05, 0.1) is 5.56 Å². The molecule has 0 heterocycles. The van der Waals surface area contributed by atoms with Gasteiger partial charge in [-0.15, -0.1) is 0 Å². The Kier molecular flexibility index (Phi) is 5.64. The first-order chi connectivity index (χ1) is 12.9. The number of aromatic hydroxyl groups is 1. The number of halogens is 2. The molecule has 0 atom stereocenters. The lowest BCUT2D eigenvalue weighted by Crippen LogP contribution is -2.15. The highest BCUT2D eigenvalue weighted by molar-refractivity contribution is 6.31. The zero-order chi connectivity index (χ0) is 19.4. The Balaban J connectivity index is 1.78. The van der Waals surface area contributed by atoms with Crippen LogP contribution in [-0.4, -0.2) is 16.9 Å². The normalized spacial score (nSPS) is 10.3. The molecule has 5 nitrogen and oxygen atoms in total. The highest BCUT2D eigenvalue weighted by Crippen LogP contribution is 2.22. The van der Waals surface area contributed by atoms with Crippen molar-refractivity contribution in [2.24, 2.45) is 0 Å². The first kappa shape index (κ1) is 18.8. The summed E-state index contributed by atoms with van der Waals surface area (Å²) >= 11 is 11.6. The number of hydrogen-bond acceptors (Lipinski definition) is 3. The summed E-state index contributed by atoms with van der Waals surface area (Å²) in [6.07, 6.45) is 0. The van der Waals surface area contributed by atoms with Gasteiger partial charge in [0.1, 0.15) is 5.75 Å². The van der Waals surface area contributed by atoms with Gasteiger partial charge in [-0.2, -0.15) is 0 Å². The molecule has 7 heteroatoms. The molecule has 136 valence electrons. The van der Waals surface area contributed by atoms with Gasteiger partial charge in [0.15, 0.2) is 0 Å². The van der Waals surface area contributed by atoms with Gasteiger partial charge in [-0.05, 0) is 66.7 Å². The SMILES string of the molecule is O=C(Nc1ccc(Cl)cc1)c1ccc(O)c(C(=O)Nc2ccc(Cl)cc2)c1. The number of phenolic OH excluding ortho intramolecular Hbond substituents is 1. The molecule has 0 saturated carbocycles. The Bertz CT molecular complexity index is 987. The van der Waals surface area contributed by atoms with Crippen molar-refractivity contribution in [2.75, 3.05) is 10.6 Å². The molecule has 0 radical (unpaired) electrons. The van der Waals surface area contributed by atoms with Gasteiger partial charge in [-0.1, -0.05) is 23.2 Å². The van der Waals surface area contributed by atoms with Gasteiger partial charge >= 0.3 is 0 Å². The van der Waals surface area contributed by atoms with E-state index in [1.165, 1.54) is 18.2 Å². The molecule has 3 rings (SSSR count). The second-order valence-corrected chi connectivity index (χ2v) is 6.53. The van der Waals surface area contributed by atoms with Crippen molar-refractivity contribution in [3.63, 3.8) is 0 Å². The van der Waals surface area contributed by atoms with Gasteiger partial charge in [0, 0.05) is 27.0 Å². The van der Waals surface area contributed by atoms with Crippen molar-refractivity contribution >= 4 is 46.4 Å². The lowest BCUT2D eigenvalue weighted by molar-refractivity contribution is 0.102. The van der Waals surface area contributed by atoms with Gasteiger partial charge in [0.2, 0.25) is 0 Å². The van der Waals surface area contributed by atoms with Crippen molar-refractivity contribution in [3.8, 4) is 5.75 Å². The van der Waals surface area contributed by atoms with Crippen molar-refractivity contribution in [3.05, 3.63) is 87.9 Å². The van der Waals surface area contributed by atoms with Crippen molar-refractivity contribution in [1.82, 2.24) is 0 Å². The second kappa shape index (κ2) is 8.12. The molecule has 0 aromatic heterocycles. The Hall–Kier alpha value is -3.02. The molecule has 0 bridgehead atoms. The third kappa shape index (κ3) is 4.78. The average Bonchev–Trinajstić information content (AvgIpc) is 2.65. The minimum Gasteiger partial charge on any atom is -0.507 e. The van der Waals surface area contributed by atoms with E-state index in [1.807, 2.05) is 0 Å². The van der Waals surface area contributed by atoms with E-state index >= 15 is 0 Å². The monoisotopic (exact) mass is 400 g/mol. The van der Waals surface area contributed by atoms with E-state index in [0.29, 0.717) is 21.4 Å². The molecule has 0 aliphatic rings. The van der Waals surface area contributed by atoms with Crippen LogP contribution in [0.2, 0.25) is 10.0 Å². The number of amides is 2. The van der Waals surface area contributed by atoms with Gasteiger partial charge in [-0.3, -0.25) is 9.59 Å².